The van der Waals surface area contributed by atoms with Gasteiger partial charge in [0.15, 0.2) is 5.13 Å². The summed E-state index contributed by atoms with van der Waals surface area (Å²) in [5.41, 5.74) is 12.2. The van der Waals surface area contributed by atoms with Gasteiger partial charge in [-0.2, -0.15) is 5.10 Å². The number of hydrogen-bond donors (Lipinski definition) is 3. The normalized spacial score (nSPS) is 18.8. The lowest BCUT2D eigenvalue weighted by Gasteiger charge is -2.31. The Kier molecular flexibility index (Phi) is 5.38. The van der Waals surface area contributed by atoms with Gasteiger partial charge in [-0.25, -0.2) is 4.98 Å². The summed E-state index contributed by atoms with van der Waals surface area (Å²) in [5.74, 6) is -0.144. The van der Waals surface area contributed by atoms with Gasteiger partial charge >= 0.3 is 0 Å². The Morgan fingerprint density at radius 1 is 1.55 bits per heavy atom. The Bertz CT molecular complexity index is 642. The minimum atomic E-state index is -0.495. The van der Waals surface area contributed by atoms with Crippen LogP contribution in [0.1, 0.15) is 39.8 Å². The number of amides is 1. The van der Waals surface area contributed by atoms with Gasteiger partial charge in [0.2, 0.25) is 0 Å². The molecule has 2 aromatic heterocycles. The van der Waals surface area contributed by atoms with Gasteiger partial charge in [-0.15, -0.1) is 23.7 Å². The zero-order valence-electron chi connectivity index (χ0n) is 12.0. The van der Waals surface area contributed by atoms with E-state index in [1.165, 1.54) is 16.2 Å². The molecule has 1 unspecified atom stereocenters. The van der Waals surface area contributed by atoms with E-state index in [0.717, 1.165) is 38.2 Å². The summed E-state index contributed by atoms with van der Waals surface area (Å²) in [6, 6.07) is 1.77. The molecule has 0 spiro atoms. The van der Waals surface area contributed by atoms with Crippen molar-refractivity contribution >= 4 is 34.8 Å². The first-order chi connectivity index (χ1) is 10.1. The second-order valence-electron chi connectivity index (χ2n) is 5.31. The van der Waals surface area contributed by atoms with Crippen LogP contribution in [-0.2, 0) is 6.54 Å². The van der Waals surface area contributed by atoms with Gasteiger partial charge in [-0.1, -0.05) is 0 Å². The molecule has 1 saturated heterocycles. The molecule has 1 atom stereocenters. The van der Waals surface area contributed by atoms with Crippen LogP contribution < -0.4 is 11.5 Å². The summed E-state index contributed by atoms with van der Waals surface area (Å²) in [6.07, 6.45) is 4.04. The van der Waals surface area contributed by atoms with Crippen LogP contribution >= 0.6 is 23.7 Å². The van der Waals surface area contributed by atoms with Crippen molar-refractivity contribution in [1.82, 2.24) is 20.1 Å². The second-order valence-corrected chi connectivity index (χ2v) is 6.46. The molecule has 1 amide bonds. The summed E-state index contributed by atoms with van der Waals surface area (Å²) in [4.78, 5) is 18.8. The molecular formula is C13H19ClN6OS. The van der Waals surface area contributed by atoms with Crippen molar-refractivity contribution in [3.05, 3.63) is 28.5 Å². The zero-order valence-corrected chi connectivity index (χ0v) is 13.6. The maximum Gasteiger partial charge on any atom is 0.269 e. The average molecular weight is 343 g/mol. The van der Waals surface area contributed by atoms with Crippen LogP contribution in [0.2, 0.25) is 0 Å². The molecule has 0 aliphatic carbocycles. The number of nitrogens with two attached hydrogens (primary N) is 2. The first kappa shape index (κ1) is 16.7. The largest absolute Gasteiger partial charge is 0.375 e. The first-order valence-corrected chi connectivity index (χ1v) is 7.71. The molecule has 0 saturated carbocycles. The lowest BCUT2D eigenvalue weighted by atomic mass is 9.94. The van der Waals surface area contributed by atoms with Gasteiger partial charge in [0.25, 0.3) is 5.91 Å². The number of piperidine rings is 1. The smallest absolute Gasteiger partial charge is 0.269 e. The van der Waals surface area contributed by atoms with Crippen LogP contribution in [0, 0.1) is 0 Å². The minimum Gasteiger partial charge on any atom is -0.375 e. The zero-order chi connectivity index (χ0) is 14.8. The highest BCUT2D eigenvalue weighted by atomic mass is 35.5. The quantitative estimate of drug-likeness (QED) is 0.776. The lowest BCUT2D eigenvalue weighted by Crippen LogP contribution is -2.33. The SMILES string of the molecule is Cl.NC(=O)c1cc(C2CCCN(Cc3cnc(N)s3)C2)[nH]n1. The average Bonchev–Trinajstić information content (AvgIpc) is 3.08. The molecule has 1 aliphatic heterocycles. The number of thiazole rings is 1. The number of anilines is 1. The highest BCUT2D eigenvalue weighted by Gasteiger charge is 2.24. The predicted octanol–water partition coefficient (Wildman–Crippen LogP) is 1.35. The first-order valence-electron chi connectivity index (χ1n) is 6.89. The minimum absolute atomic E-state index is 0. The van der Waals surface area contributed by atoms with E-state index in [2.05, 4.69) is 20.1 Å². The molecule has 1 fully saturated rings. The topological polar surface area (TPSA) is 114 Å². The molecular weight excluding hydrogens is 324 g/mol. The lowest BCUT2D eigenvalue weighted by molar-refractivity contribution is 0.0995. The van der Waals surface area contributed by atoms with E-state index in [0.29, 0.717) is 16.7 Å². The van der Waals surface area contributed by atoms with Crippen molar-refractivity contribution < 1.29 is 4.79 Å². The fourth-order valence-electron chi connectivity index (χ4n) is 2.74. The summed E-state index contributed by atoms with van der Waals surface area (Å²) in [7, 11) is 0. The predicted molar refractivity (Wildman–Crippen MR) is 88.1 cm³/mol. The molecule has 1 aliphatic rings. The van der Waals surface area contributed by atoms with Crippen LogP contribution in [0.3, 0.4) is 0 Å². The van der Waals surface area contributed by atoms with Crippen molar-refractivity contribution in [1.29, 1.82) is 0 Å². The standard InChI is InChI=1S/C13H18N6OS.ClH/c14-12(20)11-4-10(17-18-11)8-2-1-3-19(6-8)7-9-5-16-13(15)21-9;/h4-5,8H,1-3,6-7H2,(H2,14,20)(H2,15,16)(H,17,18);1H. The number of likely N-dealkylation sites (tertiary alicyclic amines) is 1. The number of H-pyrrole nitrogens is 1. The molecule has 0 aromatic carbocycles. The van der Waals surface area contributed by atoms with Crippen LogP contribution in [0.4, 0.5) is 5.13 Å². The highest BCUT2D eigenvalue weighted by Crippen LogP contribution is 2.27. The van der Waals surface area contributed by atoms with E-state index in [-0.39, 0.29) is 12.4 Å². The molecule has 0 bridgehead atoms. The summed E-state index contributed by atoms with van der Waals surface area (Å²) >= 11 is 1.53. The van der Waals surface area contributed by atoms with Crippen LogP contribution in [0.5, 0.6) is 0 Å². The van der Waals surface area contributed by atoms with Crippen LogP contribution in [-0.4, -0.2) is 39.1 Å². The van der Waals surface area contributed by atoms with Gasteiger partial charge in [0.1, 0.15) is 5.69 Å². The Hall–Kier alpha value is -1.64. The third-order valence-electron chi connectivity index (χ3n) is 3.75. The van der Waals surface area contributed by atoms with Gasteiger partial charge in [0.05, 0.1) is 0 Å². The monoisotopic (exact) mass is 342 g/mol. The molecule has 2 aromatic rings. The number of carbonyl (C=O) groups is 1. The molecule has 3 heterocycles. The van der Waals surface area contributed by atoms with Gasteiger partial charge < -0.3 is 11.5 Å². The fourth-order valence-corrected chi connectivity index (χ4v) is 3.47. The second kappa shape index (κ2) is 7.08. The Morgan fingerprint density at radius 3 is 3.00 bits per heavy atom. The number of nitrogens with one attached hydrogen (secondary N) is 1. The number of primary amides is 1. The van der Waals surface area contributed by atoms with Crippen LogP contribution in [0.15, 0.2) is 12.3 Å². The number of carbonyl (C=O) groups excluding carboxylic acids is 1. The molecule has 22 heavy (non-hydrogen) atoms. The van der Waals surface area contributed by atoms with Gasteiger partial charge in [-0.3, -0.25) is 14.8 Å². The number of aromatic nitrogens is 3. The van der Waals surface area contributed by atoms with E-state index in [9.17, 15) is 4.79 Å². The summed E-state index contributed by atoms with van der Waals surface area (Å²) in [6.45, 7) is 2.85. The Labute approximate surface area is 138 Å². The van der Waals surface area contributed by atoms with E-state index in [1.807, 2.05) is 6.20 Å². The van der Waals surface area contributed by atoms with Gasteiger partial charge in [-0.05, 0) is 25.5 Å². The third kappa shape index (κ3) is 3.76. The fraction of sp³-hybridized carbons (Fsp3) is 0.462. The van der Waals surface area contributed by atoms with Crippen molar-refractivity contribution in [3.63, 3.8) is 0 Å². The summed E-state index contributed by atoms with van der Waals surface area (Å²) < 4.78 is 0. The molecule has 120 valence electrons. The van der Waals surface area contributed by atoms with Crippen molar-refractivity contribution in [2.75, 3.05) is 18.8 Å². The number of hydrogen-bond acceptors (Lipinski definition) is 6. The van der Waals surface area contributed by atoms with E-state index >= 15 is 0 Å². The highest BCUT2D eigenvalue weighted by molar-refractivity contribution is 7.15. The van der Waals surface area contributed by atoms with Gasteiger partial charge in [0, 0.05) is 35.8 Å². The van der Waals surface area contributed by atoms with Crippen molar-refractivity contribution in [2.24, 2.45) is 5.73 Å². The molecule has 7 nitrogen and oxygen atoms in total. The number of nitrogens with zero attached hydrogens (tertiary/aromatic N) is 3. The maximum atomic E-state index is 11.1. The maximum absolute atomic E-state index is 11.1. The van der Waals surface area contributed by atoms with Crippen molar-refractivity contribution in [2.45, 2.75) is 25.3 Å². The molecule has 3 rings (SSSR count). The molecule has 9 heteroatoms. The molecule has 0 radical (unpaired) electrons. The van der Waals surface area contributed by atoms with Crippen LogP contribution in [0.25, 0.3) is 0 Å². The number of rotatable bonds is 4. The van der Waals surface area contributed by atoms with E-state index < -0.39 is 5.91 Å². The summed E-state index contributed by atoms with van der Waals surface area (Å²) in [5, 5.41) is 7.51. The van der Waals surface area contributed by atoms with E-state index in [4.69, 9.17) is 11.5 Å². The van der Waals surface area contributed by atoms with E-state index in [1.54, 1.807) is 6.07 Å². The Morgan fingerprint density at radius 2 is 2.36 bits per heavy atom. The van der Waals surface area contributed by atoms with Crippen molar-refractivity contribution in [3.8, 4) is 0 Å². The number of aromatic amines is 1. The Balaban J connectivity index is 0.00000176. The number of halogens is 1. The third-order valence-corrected chi connectivity index (χ3v) is 4.56. The number of nitrogen functional groups attached to an aromatic ring is 1. The molecule has 5 N–H and O–H groups in total.